The number of halogens is 2. The third-order valence-electron chi connectivity index (χ3n) is 1.92. The fourth-order valence-electron chi connectivity index (χ4n) is 1.31. The van der Waals surface area contributed by atoms with Gasteiger partial charge in [-0.2, -0.15) is 0 Å². The van der Waals surface area contributed by atoms with Crippen LogP contribution in [-0.2, 0) is 0 Å². The zero-order valence-electron chi connectivity index (χ0n) is 8.54. The Morgan fingerprint density at radius 1 is 1.25 bits per heavy atom. The van der Waals surface area contributed by atoms with E-state index in [1.165, 1.54) is 0 Å². The Morgan fingerprint density at radius 3 is 2.75 bits per heavy atom. The van der Waals surface area contributed by atoms with Crippen molar-refractivity contribution >= 4 is 39.0 Å². The van der Waals surface area contributed by atoms with Gasteiger partial charge in [-0.05, 0) is 36.7 Å². The first-order valence-electron chi connectivity index (χ1n) is 4.67. The van der Waals surface area contributed by atoms with Crippen molar-refractivity contribution in [3.05, 3.63) is 45.8 Å². The second-order valence-electron chi connectivity index (χ2n) is 3.30. The lowest BCUT2D eigenvalue weighted by Crippen LogP contribution is -1.96. The van der Waals surface area contributed by atoms with Crippen LogP contribution >= 0.6 is 27.5 Å². The van der Waals surface area contributed by atoms with Crippen LogP contribution in [-0.4, -0.2) is 9.97 Å². The zero-order chi connectivity index (χ0) is 11.5. The van der Waals surface area contributed by atoms with E-state index in [9.17, 15) is 0 Å². The molecule has 1 heterocycles. The van der Waals surface area contributed by atoms with Gasteiger partial charge in [0.1, 0.15) is 5.82 Å². The molecule has 1 N–H and O–H groups in total. The summed E-state index contributed by atoms with van der Waals surface area (Å²) in [4.78, 5) is 8.09. The number of nitrogens with zero attached hydrogens (tertiary/aromatic N) is 2. The van der Waals surface area contributed by atoms with Crippen molar-refractivity contribution < 1.29 is 0 Å². The maximum atomic E-state index is 5.78. The van der Waals surface area contributed by atoms with Crippen LogP contribution in [0.2, 0.25) is 5.28 Å². The molecule has 0 saturated heterocycles. The second-order valence-corrected chi connectivity index (χ2v) is 4.55. The Kier molecular flexibility index (Phi) is 3.41. The van der Waals surface area contributed by atoms with Gasteiger partial charge >= 0.3 is 0 Å². The van der Waals surface area contributed by atoms with Crippen molar-refractivity contribution in [1.82, 2.24) is 9.97 Å². The molecular formula is C11H9BrClN3. The molecule has 0 atom stereocenters. The van der Waals surface area contributed by atoms with Crippen LogP contribution in [0.4, 0.5) is 11.5 Å². The van der Waals surface area contributed by atoms with Crippen molar-refractivity contribution in [1.29, 1.82) is 0 Å². The summed E-state index contributed by atoms with van der Waals surface area (Å²) in [6, 6.07) is 9.67. The van der Waals surface area contributed by atoms with Crippen LogP contribution in [0.3, 0.4) is 0 Å². The van der Waals surface area contributed by atoms with Crippen molar-refractivity contribution in [2.45, 2.75) is 6.92 Å². The average molecular weight is 299 g/mol. The fourth-order valence-corrected chi connectivity index (χ4v) is 1.93. The summed E-state index contributed by atoms with van der Waals surface area (Å²) in [7, 11) is 0. The summed E-state index contributed by atoms with van der Waals surface area (Å²) < 4.78 is 1.01. The third kappa shape index (κ3) is 2.93. The quantitative estimate of drug-likeness (QED) is 0.853. The first-order chi connectivity index (χ1) is 7.63. The Bertz CT molecular complexity index is 496. The molecule has 0 aliphatic rings. The first kappa shape index (κ1) is 11.4. The van der Waals surface area contributed by atoms with E-state index in [2.05, 4.69) is 31.2 Å². The van der Waals surface area contributed by atoms with Crippen molar-refractivity contribution in [2.75, 3.05) is 5.32 Å². The minimum absolute atomic E-state index is 0.248. The molecule has 0 bridgehead atoms. The van der Waals surface area contributed by atoms with E-state index >= 15 is 0 Å². The number of anilines is 2. The fraction of sp³-hybridized carbons (Fsp3) is 0.0909. The molecule has 0 radical (unpaired) electrons. The third-order valence-corrected chi connectivity index (χ3v) is 2.59. The maximum absolute atomic E-state index is 5.78. The highest BCUT2D eigenvalue weighted by Crippen LogP contribution is 2.20. The summed E-state index contributed by atoms with van der Waals surface area (Å²) in [5, 5.41) is 3.41. The molecule has 16 heavy (non-hydrogen) atoms. The Balaban J connectivity index is 2.27. The van der Waals surface area contributed by atoms with E-state index in [1.54, 1.807) is 0 Å². The van der Waals surface area contributed by atoms with E-state index in [0.29, 0.717) is 5.82 Å². The van der Waals surface area contributed by atoms with Crippen molar-refractivity contribution in [3.8, 4) is 0 Å². The highest BCUT2D eigenvalue weighted by atomic mass is 79.9. The molecule has 0 unspecified atom stereocenters. The summed E-state index contributed by atoms with van der Waals surface area (Å²) in [6.45, 7) is 1.87. The number of aromatic nitrogens is 2. The summed E-state index contributed by atoms with van der Waals surface area (Å²) >= 11 is 9.18. The van der Waals surface area contributed by atoms with Gasteiger partial charge in [-0.1, -0.05) is 22.0 Å². The minimum Gasteiger partial charge on any atom is -0.340 e. The molecule has 0 spiro atoms. The summed E-state index contributed by atoms with van der Waals surface area (Å²) in [6.07, 6.45) is 0. The van der Waals surface area contributed by atoms with Gasteiger partial charge in [0.05, 0.1) is 0 Å². The number of nitrogens with one attached hydrogen (secondary N) is 1. The Hall–Kier alpha value is -1.13. The van der Waals surface area contributed by atoms with Gasteiger partial charge in [0.2, 0.25) is 5.28 Å². The molecule has 1 aromatic heterocycles. The Morgan fingerprint density at radius 2 is 2.06 bits per heavy atom. The van der Waals surface area contributed by atoms with E-state index in [1.807, 2.05) is 37.3 Å². The predicted molar refractivity (Wildman–Crippen MR) is 69.2 cm³/mol. The van der Waals surface area contributed by atoms with Gasteiger partial charge in [0.25, 0.3) is 0 Å². The zero-order valence-corrected chi connectivity index (χ0v) is 10.9. The predicted octanol–water partition coefficient (Wildman–Crippen LogP) is 3.94. The first-order valence-corrected chi connectivity index (χ1v) is 5.84. The highest BCUT2D eigenvalue weighted by molar-refractivity contribution is 9.10. The molecule has 5 heteroatoms. The molecule has 1 aromatic carbocycles. The number of hydrogen-bond donors (Lipinski definition) is 1. The monoisotopic (exact) mass is 297 g/mol. The van der Waals surface area contributed by atoms with Crippen LogP contribution in [0.15, 0.2) is 34.8 Å². The molecule has 82 valence electrons. The molecule has 0 aliphatic heterocycles. The number of hydrogen-bond acceptors (Lipinski definition) is 3. The van der Waals surface area contributed by atoms with Crippen LogP contribution < -0.4 is 5.32 Å². The van der Waals surface area contributed by atoms with Gasteiger partial charge in [-0.3, -0.25) is 0 Å². The SMILES string of the molecule is Cc1cc(Nc2cccc(Br)c2)nc(Cl)n1. The van der Waals surface area contributed by atoms with Crippen LogP contribution in [0.1, 0.15) is 5.69 Å². The minimum atomic E-state index is 0.248. The van der Waals surface area contributed by atoms with Gasteiger partial charge in [0, 0.05) is 21.9 Å². The van der Waals surface area contributed by atoms with Crippen LogP contribution in [0.5, 0.6) is 0 Å². The normalized spacial score (nSPS) is 10.2. The van der Waals surface area contributed by atoms with Crippen LogP contribution in [0, 0.1) is 6.92 Å². The lowest BCUT2D eigenvalue weighted by atomic mass is 10.3. The largest absolute Gasteiger partial charge is 0.340 e. The topological polar surface area (TPSA) is 37.8 Å². The smallest absolute Gasteiger partial charge is 0.224 e. The molecule has 0 aliphatic carbocycles. The molecule has 2 rings (SSSR count). The van der Waals surface area contributed by atoms with Crippen molar-refractivity contribution in [2.24, 2.45) is 0 Å². The molecular weight excluding hydrogens is 289 g/mol. The number of aryl methyl sites for hydroxylation is 1. The van der Waals surface area contributed by atoms with Gasteiger partial charge < -0.3 is 5.32 Å². The molecule has 2 aromatic rings. The summed E-state index contributed by atoms with van der Waals surface area (Å²) in [5.41, 5.74) is 1.78. The number of rotatable bonds is 2. The van der Waals surface area contributed by atoms with Crippen LogP contribution in [0.25, 0.3) is 0 Å². The van der Waals surface area contributed by atoms with E-state index < -0.39 is 0 Å². The van der Waals surface area contributed by atoms with Gasteiger partial charge in [0.15, 0.2) is 0 Å². The average Bonchev–Trinajstić information content (AvgIpc) is 2.15. The lowest BCUT2D eigenvalue weighted by Gasteiger charge is -2.06. The molecule has 3 nitrogen and oxygen atoms in total. The van der Waals surface area contributed by atoms with E-state index in [4.69, 9.17) is 11.6 Å². The molecule has 0 amide bonds. The maximum Gasteiger partial charge on any atom is 0.224 e. The van der Waals surface area contributed by atoms with E-state index in [0.717, 1.165) is 15.9 Å². The number of benzene rings is 1. The molecule has 0 fully saturated rings. The lowest BCUT2D eigenvalue weighted by molar-refractivity contribution is 1.10. The second kappa shape index (κ2) is 4.80. The van der Waals surface area contributed by atoms with Gasteiger partial charge in [-0.15, -0.1) is 0 Å². The van der Waals surface area contributed by atoms with E-state index in [-0.39, 0.29) is 5.28 Å². The van der Waals surface area contributed by atoms with Gasteiger partial charge in [-0.25, -0.2) is 9.97 Å². The molecule has 0 saturated carbocycles. The summed E-state index contributed by atoms with van der Waals surface area (Å²) in [5.74, 6) is 0.690. The standard InChI is InChI=1S/C11H9BrClN3/c1-7-5-10(16-11(13)14-7)15-9-4-2-3-8(12)6-9/h2-6H,1H3,(H,14,15,16). The highest BCUT2D eigenvalue weighted by Gasteiger charge is 2.00. The Labute approximate surface area is 107 Å². The van der Waals surface area contributed by atoms with Crippen molar-refractivity contribution in [3.63, 3.8) is 0 Å².